The van der Waals surface area contributed by atoms with Crippen LogP contribution in [0.5, 0.6) is 0 Å². The zero-order chi connectivity index (χ0) is 15.2. The number of nitrogens with two attached hydrogens (primary N) is 1. The molecule has 0 radical (unpaired) electrons. The van der Waals surface area contributed by atoms with E-state index in [0.717, 1.165) is 12.8 Å². The zero-order valence-corrected chi connectivity index (χ0v) is 15.1. The van der Waals surface area contributed by atoms with Gasteiger partial charge in [-0.1, -0.05) is 51.8 Å². The fourth-order valence-electron chi connectivity index (χ4n) is 2.23. The van der Waals surface area contributed by atoms with Crippen LogP contribution in [0, 0.1) is 20.8 Å². The Morgan fingerprint density at radius 1 is 1.15 bits per heavy atom. The molecule has 0 aliphatic heterocycles. The lowest BCUT2D eigenvalue weighted by Crippen LogP contribution is -2.13. The predicted octanol–water partition coefficient (Wildman–Crippen LogP) is 4.55. The highest BCUT2D eigenvalue weighted by atomic mass is 32.1. The first-order chi connectivity index (χ1) is 8.56. The minimum absolute atomic E-state index is 0. The van der Waals surface area contributed by atoms with E-state index in [1.165, 1.54) is 22.3 Å². The molecule has 0 aliphatic rings. The number of rotatable bonds is 3. The van der Waals surface area contributed by atoms with Gasteiger partial charge in [-0.2, -0.15) is 12.6 Å². The van der Waals surface area contributed by atoms with Crippen molar-refractivity contribution in [3.05, 3.63) is 34.4 Å². The van der Waals surface area contributed by atoms with Gasteiger partial charge in [0, 0.05) is 12.2 Å². The van der Waals surface area contributed by atoms with Gasteiger partial charge < -0.3 is 11.2 Å². The summed E-state index contributed by atoms with van der Waals surface area (Å²) in [4.78, 5) is 0. The van der Waals surface area contributed by atoms with Crippen LogP contribution in [-0.2, 0) is 0 Å². The molecule has 2 nitrogen and oxygen atoms in total. The van der Waals surface area contributed by atoms with E-state index in [9.17, 15) is 0 Å². The van der Waals surface area contributed by atoms with Crippen LogP contribution in [0.15, 0.2) is 12.1 Å². The highest BCUT2D eigenvalue weighted by Gasteiger charge is 2.11. The molecule has 0 spiro atoms. The minimum Gasteiger partial charge on any atom is -0.412 e. The molecule has 4 N–H and O–H groups in total. The summed E-state index contributed by atoms with van der Waals surface area (Å²) in [5.41, 5.74) is 11.5. The monoisotopic (exact) mass is 301 g/mol. The Morgan fingerprint density at radius 3 is 1.80 bits per heavy atom. The van der Waals surface area contributed by atoms with Crippen molar-refractivity contribution < 1.29 is 6.90 Å². The molecule has 0 aliphatic carbocycles. The maximum absolute atomic E-state index is 6.16. The van der Waals surface area contributed by atoms with Crippen molar-refractivity contribution >= 4 is 12.6 Å². The van der Waals surface area contributed by atoms with E-state index < -0.39 is 0 Å². The lowest BCUT2D eigenvalue weighted by atomic mass is 9.92. The normalized spacial score (nSPS) is 12.1. The highest BCUT2D eigenvalue weighted by molar-refractivity contribution is 7.81. The van der Waals surface area contributed by atoms with E-state index in [1.54, 1.807) is 0 Å². The average Bonchev–Trinajstić information content (AvgIpc) is 2.12. The Balaban J connectivity index is -0.000000405. The SMILES string of the molecule is CC(C)(C)S.CCCC(N)c1c(C)cc(C)cc1C.O.[HH]. The number of benzene rings is 1. The van der Waals surface area contributed by atoms with Gasteiger partial charge in [0.15, 0.2) is 0 Å². The number of hydrogen-bond acceptors (Lipinski definition) is 2. The van der Waals surface area contributed by atoms with E-state index in [2.05, 4.69) is 73.2 Å². The van der Waals surface area contributed by atoms with Gasteiger partial charge in [-0.3, -0.25) is 0 Å². The highest BCUT2D eigenvalue weighted by Crippen LogP contribution is 2.24. The molecule has 1 unspecified atom stereocenters. The predicted molar refractivity (Wildman–Crippen MR) is 97.0 cm³/mol. The van der Waals surface area contributed by atoms with Gasteiger partial charge in [0.25, 0.3) is 0 Å². The lowest BCUT2D eigenvalue weighted by Gasteiger charge is -2.17. The van der Waals surface area contributed by atoms with Gasteiger partial charge in [-0.05, 0) is 43.9 Å². The maximum Gasteiger partial charge on any atom is 0.0300 e. The molecule has 1 rings (SSSR count). The van der Waals surface area contributed by atoms with Crippen LogP contribution in [0.25, 0.3) is 0 Å². The largest absolute Gasteiger partial charge is 0.412 e. The molecule has 1 aromatic rings. The molecule has 0 aromatic heterocycles. The first-order valence-corrected chi connectivity index (χ1v) is 7.56. The van der Waals surface area contributed by atoms with E-state index in [4.69, 9.17) is 5.73 Å². The molecule has 20 heavy (non-hydrogen) atoms. The molecule has 1 aromatic carbocycles. The van der Waals surface area contributed by atoms with Gasteiger partial charge in [0.1, 0.15) is 0 Å². The van der Waals surface area contributed by atoms with Gasteiger partial charge in [0.2, 0.25) is 0 Å². The van der Waals surface area contributed by atoms with Crippen molar-refractivity contribution in [1.82, 2.24) is 0 Å². The fraction of sp³-hybridized carbons (Fsp3) is 0.647. The molecule has 0 amide bonds. The van der Waals surface area contributed by atoms with E-state index in [0.29, 0.717) is 0 Å². The number of aryl methyl sites for hydroxylation is 3. The second-order valence-electron chi connectivity index (χ2n) is 6.38. The summed E-state index contributed by atoms with van der Waals surface area (Å²) >= 11 is 4.12. The number of hydrogen-bond donors (Lipinski definition) is 2. The van der Waals surface area contributed by atoms with Crippen molar-refractivity contribution in [2.24, 2.45) is 5.73 Å². The average molecular weight is 302 g/mol. The van der Waals surface area contributed by atoms with E-state index in [1.807, 2.05) is 0 Å². The summed E-state index contributed by atoms with van der Waals surface area (Å²) < 4.78 is 0.194. The molecule has 0 bridgehead atoms. The van der Waals surface area contributed by atoms with E-state index >= 15 is 0 Å². The van der Waals surface area contributed by atoms with Crippen LogP contribution in [0.1, 0.15) is 70.3 Å². The fourth-order valence-corrected chi connectivity index (χ4v) is 2.23. The van der Waals surface area contributed by atoms with Gasteiger partial charge in [-0.15, -0.1) is 0 Å². The summed E-state index contributed by atoms with van der Waals surface area (Å²) in [6, 6.07) is 4.65. The first kappa shape index (κ1) is 21.8. The summed E-state index contributed by atoms with van der Waals surface area (Å²) in [6.07, 6.45) is 2.22. The lowest BCUT2D eigenvalue weighted by molar-refractivity contribution is 0.631. The van der Waals surface area contributed by atoms with Crippen molar-refractivity contribution in [1.29, 1.82) is 0 Å². The van der Waals surface area contributed by atoms with Crippen molar-refractivity contribution in [2.45, 2.75) is 72.1 Å². The molecule has 0 heterocycles. The van der Waals surface area contributed by atoms with Gasteiger partial charge in [0.05, 0.1) is 0 Å². The third-order valence-electron chi connectivity index (χ3n) is 2.71. The molecule has 1 atom stereocenters. The minimum atomic E-state index is 0. The van der Waals surface area contributed by atoms with Gasteiger partial charge >= 0.3 is 0 Å². The summed E-state index contributed by atoms with van der Waals surface area (Å²) in [5.74, 6) is 0. The van der Waals surface area contributed by atoms with E-state index in [-0.39, 0.29) is 17.7 Å². The molecule has 3 heteroatoms. The second-order valence-corrected chi connectivity index (χ2v) is 7.72. The molecule has 0 saturated carbocycles. The maximum atomic E-state index is 6.16. The smallest absolute Gasteiger partial charge is 0.0300 e. The quantitative estimate of drug-likeness (QED) is 0.791. The summed E-state index contributed by atoms with van der Waals surface area (Å²) in [6.45, 7) is 14.8. The Bertz CT molecular complexity index is 373. The zero-order valence-electron chi connectivity index (χ0n) is 14.2. The van der Waals surface area contributed by atoms with Crippen LogP contribution in [0.3, 0.4) is 0 Å². The van der Waals surface area contributed by atoms with Crippen molar-refractivity contribution in [3.8, 4) is 0 Å². The Labute approximate surface area is 132 Å². The summed E-state index contributed by atoms with van der Waals surface area (Å²) in [7, 11) is 0. The van der Waals surface area contributed by atoms with Crippen molar-refractivity contribution in [3.63, 3.8) is 0 Å². The Kier molecular flexibility index (Phi) is 10.3. The third-order valence-corrected chi connectivity index (χ3v) is 2.71. The van der Waals surface area contributed by atoms with Crippen LogP contribution in [0.2, 0.25) is 0 Å². The van der Waals surface area contributed by atoms with Gasteiger partial charge in [-0.25, -0.2) is 0 Å². The van der Waals surface area contributed by atoms with Crippen LogP contribution in [-0.4, -0.2) is 10.2 Å². The van der Waals surface area contributed by atoms with Crippen LogP contribution >= 0.6 is 12.6 Å². The van der Waals surface area contributed by atoms with Crippen LogP contribution < -0.4 is 5.73 Å². The summed E-state index contributed by atoms with van der Waals surface area (Å²) in [5, 5.41) is 0. The Morgan fingerprint density at radius 2 is 1.50 bits per heavy atom. The molecular weight excluding hydrogens is 266 g/mol. The molecule has 0 fully saturated rings. The molecule has 0 saturated heterocycles. The first-order valence-electron chi connectivity index (χ1n) is 7.12. The Hall–Kier alpha value is -0.510. The standard InChI is InChI=1S/C13H21N.C4H10S.H2O.H2/c1-5-6-12(14)13-10(3)7-9(2)8-11(13)4;1-4(2,3)5;;/h7-8,12H,5-6,14H2,1-4H3;5H,1-3H3;1H2;1H. The second kappa shape index (κ2) is 9.43. The molecule has 120 valence electrons. The van der Waals surface area contributed by atoms with Crippen molar-refractivity contribution in [2.75, 3.05) is 0 Å². The third kappa shape index (κ3) is 9.40. The topological polar surface area (TPSA) is 57.5 Å². The molecular formula is C17H35NOS. The van der Waals surface area contributed by atoms with Crippen LogP contribution in [0.4, 0.5) is 0 Å². The number of thiol groups is 1.